The predicted molar refractivity (Wildman–Crippen MR) is 112 cm³/mol. The highest BCUT2D eigenvalue weighted by Gasteiger charge is 2.19. The number of carbonyl (C=O) groups excluding carboxylic acids is 1. The van der Waals surface area contributed by atoms with E-state index in [1.165, 1.54) is 24.3 Å². The molecule has 0 saturated carbocycles. The van der Waals surface area contributed by atoms with Gasteiger partial charge in [0, 0.05) is 35.5 Å². The molecule has 11 heteroatoms. The summed E-state index contributed by atoms with van der Waals surface area (Å²) >= 11 is 0. The minimum absolute atomic E-state index is 0.0707. The van der Waals surface area contributed by atoms with Crippen molar-refractivity contribution in [2.24, 2.45) is 0 Å². The lowest BCUT2D eigenvalue weighted by atomic mass is 10.1. The number of pyridine rings is 1. The fourth-order valence-electron chi connectivity index (χ4n) is 2.87. The van der Waals surface area contributed by atoms with Crippen molar-refractivity contribution in [3.63, 3.8) is 0 Å². The van der Waals surface area contributed by atoms with Gasteiger partial charge in [0.1, 0.15) is 0 Å². The lowest BCUT2D eigenvalue weighted by Gasteiger charge is -2.10. The minimum Gasteiger partial charge on any atom is -0.422 e. The van der Waals surface area contributed by atoms with Crippen LogP contribution in [0.25, 0.3) is 11.0 Å². The molecule has 2 heterocycles. The van der Waals surface area contributed by atoms with Crippen molar-refractivity contribution in [1.29, 1.82) is 0 Å². The second-order valence-electron chi connectivity index (χ2n) is 6.55. The number of benzene rings is 2. The summed E-state index contributed by atoms with van der Waals surface area (Å²) < 4.78 is 58.8. The van der Waals surface area contributed by atoms with Crippen molar-refractivity contribution in [2.45, 2.75) is 5.03 Å². The number of sulfonamides is 1. The van der Waals surface area contributed by atoms with Gasteiger partial charge in [0.15, 0.2) is 22.2 Å². The van der Waals surface area contributed by atoms with Gasteiger partial charge < -0.3 is 9.73 Å². The SMILES string of the molecule is O=C(Nc1ccnc(S(=O)(=O)Nc2ccc(F)c(F)c2)c1)c1cccc2ccc(=O)oc12. The first-order chi connectivity index (χ1) is 15.2. The zero-order valence-electron chi connectivity index (χ0n) is 16.0. The number of amides is 1. The maximum Gasteiger partial charge on any atom is 0.336 e. The summed E-state index contributed by atoms with van der Waals surface area (Å²) in [5.41, 5.74) is -0.587. The summed E-state index contributed by atoms with van der Waals surface area (Å²) in [7, 11) is -4.27. The van der Waals surface area contributed by atoms with E-state index in [0.29, 0.717) is 11.5 Å². The number of nitrogens with zero attached hydrogens (tertiary/aromatic N) is 1. The van der Waals surface area contributed by atoms with Crippen LogP contribution >= 0.6 is 0 Å². The Bertz CT molecular complexity index is 1520. The number of para-hydroxylation sites is 1. The number of fused-ring (bicyclic) bond motifs is 1. The van der Waals surface area contributed by atoms with Crippen LogP contribution in [0.5, 0.6) is 0 Å². The Kier molecular flexibility index (Phi) is 5.41. The smallest absolute Gasteiger partial charge is 0.336 e. The fraction of sp³-hybridized carbons (Fsp3) is 0. The van der Waals surface area contributed by atoms with Crippen LogP contribution in [0.1, 0.15) is 10.4 Å². The molecule has 0 radical (unpaired) electrons. The Balaban J connectivity index is 1.60. The first-order valence-corrected chi connectivity index (χ1v) is 10.5. The molecule has 1 amide bonds. The Labute approximate surface area is 179 Å². The molecule has 2 aromatic carbocycles. The van der Waals surface area contributed by atoms with E-state index in [2.05, 4.69) is 15.0 Å². The molecule has 0 spiro atoms. The monoisotopic (exact) mass is 457 g/mol. The summed E-state index contributed by atoms with van der Waals surface area (Å²) in [6.45, 7) is 0. The van der Waals surface area contributed by atoms with E-state index in [1.54, 1.807) is 12.1 Å². The molecule has 2 N–H and O–H groups in total. The number of anilines is 2. The van der Waals surface area contributed by atoms with Crippen LogP contribution in [-0.4, -0.2) is 19.3 Å². The van der Waals surface area contributed by atoms with Gasteiger partial charge in [-0.2, -0.15) is 8.42 Å². The maximum absolute atomic E-state index is 13.4. The fourth-order valence-corrected chi connectivity index (χ4v) is 3.89. The van der Waals surface area contributed by atoms with E-state index in [1.807, 2.05) is 0 Å². The quantitative estimate of drug-likeness (QED) is 0.443. The Morgan fingerprint density at radius 1 is 0.938 bits per heavy atom. The number of rotatable bonds is 5. The van der Waals surface area contributed by atoms with Crippen LogP contribution in [0.3, 0.4) is 0 Å². The standard InChI is InChI=1S/C21H13F2N3O5S/c22-16-6-5-14(10-17(16)23)26-32(29,30)18-11-13(8-9-24-18)25-21(28)15-3-1-2-12-4-7-19(27)31-20(12)15/h1-11,26H,(H,24,25,28). The number of hydrogen-bond acceptors (Lipinski definition) is 6. The van der Waals surface area contributed by atoms with Crippen molar-refractivity contribution in [2.75, 3.05) is 10.0 Å². The van der Waals surface area contributed by atoms with E-state index in [-0.39, 0.29) is 22.5 Å². The topological polar surface area (TPSA) is 118 Å². The van der Waals surface area contributed by atoms with Crippen LogP contribution in [0.2, 0.25) is 0 Å². The third-order valence-electron chi connectivity index (χ3n) is 4.33. The van der Waals surface area contributed by atoms with Crippen LogP contribution in [0.15, 0.2) is 81.1 Å². The van der Waals surface area contributed by atoms with Crippen LogP contribution in [0.4, 0.5) is 20.2 Å². The summed E-state index contributed by atoms with van der Waals surface area (Å²) in [6, 6.07) is 12.4. The van der Waals surface area contributed by atoms with Gasteiger partial charge in [0.25, 0.3) is 15.9 Å². The first kappa shape index (κ1) is 21.1. The Morgan fingerprint density at radius 2 is 1.75 bits per heavy atom. The molecule has 0 unspecified atom stereocenters. The summed E-state index contributed by atoms with van der Waals surface area (Å²) in [6.07, 6.45) is 1.15. The molecule has 0 aliphatic heterocycles. The minimum atomic E-state index is -4.27. The van der Waals surface area contributed by atoms with Crippen molar-refractivity contribution in [3.8, 4) is 0 Å². The number of halogens is 2. The summed E-state index contributed by atoms with van der Waals surface area (Å²) in [4.78, 5) is 28.0. The van der Waals surface area contributed by atoms with Gasteiger partial charge in [-0.3, -0.25) is 9.52 Å². The predicted octanol–water partition coefficient (Wildman–Crippen LogP) is 3.52. The normalized spacial score (nSPS) is 11.3. The second kappa shape index (κ2) is 8.19. The average molecular weight is 457 g/mol. The van der Waals surface area contributed by atoms with Gasteiger partial charge >= 0.3 is 5.63 Å². The molecular formula is C21H13F2N3O5S. The highest BCUT2D eigenvalue weighted by atomic mass is 32.2. The zero-order valence-corrected chi connectivity index (χ0v) is 16.8. The molecule has 0 aliphatic carbocycles. The molecule has 0 bridgehead atoms. The summed E-state index contributed by atoms with van der Waals surface area (Å²) in [5, 5.41) is 2.59. The van der Waals surface area contributed by atoms with E-state index in [9.17, 15) is 26.8 Å². The first-order valence-electron chi connectivity index (χ1n) is 9.01. The van der Waals surface area contributed by atoms with Crippen LogP contribution < -0.4 is 15.7 Å². The third-order valence-corrected chi connectivity index (χ3v) is 5.61. The Hall–Kier alpha value is -4.12. The molecule has 4 rings (SSSR count). The van der Waals surface area contributed by atoms with Gasteiger partial charge in [-0.05, 0) is 30.3 Å². The van der Waals surface area contributed by atoms with E-state index in [4.69, 9.17) is 4.42 Å². The molecule has 0 fully saturated rings. The molecule has 2 aromatic heterocycles. The number of hydrogen-bond donors (Lipinski definition) is 2. The lowest BCUT2D eigenvalue weighted by molar-refractivity contribution is 0.102. The van der Waals surface area contributed by atoms with Crippen LogP contribution in [0, 0.1) is 11.6 Å². The largest absolute Gasteiger partial charge is 0.422 e. The Morgan fingerprint density at radius 3 is 2.53 bits per heavy atom. The zero-order chi connectivity index (χ0) is 22.9. The van der Waals surface area contributed by atoms with E-state index >= 15 is 0 Å². The van der Waals surface area contributed by atoms with Crippen molar-refractivity contribution in [1.82, 2.24) is 4.98 Å². The van der Waals surface area contributed by atoms with Gasteiger partial charge in [-0.1, -0.05) is 12.1 Å². The van der Waals surface area contributed by atoms with E-state index in [0.717, 1.165) is 24.4 Å². The highest BCUT2D eigenvalue weighted by Crippen LogP contribution is 2.21. The molecule has 32 heavy (non-hydrogen) atoms. The van der Waals surface area contributed by atoms with Crippen LogP contribution in [-0.2, 0) is 10.0 Å². The third kappa shape index (κ3) is 4.32. The molecule has 0 aliphatic rings. The van der Waals surface area contributed by atoms with Gasteiger partial charge in [-0.15, -0.1) is 0 Å². The molecule has 0 atom stereocenters. The number of nitrogens with one attached hydrogen (secondary N) is 2. The molecule has 162 valence electrons. The molecule has 4 aromatic rings. The lowest BCUT2D eigenvalue weighted by Crippen LogP contribution is -2.17. The number of aromatic nitrogens is 1. The molecule has 8 nitrogen and oxygen atoms in total. The second-order valence-corrected chi connectivity index (χ2v) is 8.18. The van der Waals surface area contributed by atoms with Gasteiger partial charge in [-0.25, -0.2) is 18.6 Å². The highest BCUT2D eigenvalue weighted by molar-refractivity contribution is 7.92. The summed E-state index contributed by atoms with van der Waals surface area (Å²) in [5.74, 6) is -2.99. The number of carbonyl (C=O) groups is 1. The van der Waals surface area contributed by atoms with Crippen molar-refractivity contribution in [3.05, 3.63) is 94.5 Å². The van der Waals surface area contributed by atoms with E-state index < -0.39 is 38.2 Å². The molecule has 0 saturated heterocycles. The van der Waals surface area contributed by atoms with Gasteiger partial charge in [0.2, 0.25) is 0 Å². The van der Waals surface area contributed by atoms with Gasteiger partial charge in [0.05, 0.1) is 11.3 Å². The van der Waals surface area contributed by atoms with Crippen molar-refractivity contribution >= 4 is 38.3 Å². The van der Waals surface area contributed by atoms with Crippen molar-refractivity contribution < 1.29 is 26.4 Å². The maximum atomic E-state index is 13.4. The molecular weight excluding hydrogens is 444 g/mol. The average Bonchev–Trinajstić information content (AvgIpc) is 2.76.